The molecule has 1 saturated heterocycles. The number of rotatable bonds is 2. The summed E-state index contributed by atoms with van der Waals surface area (Å²) < 4.78 is 12.3. The molecule has 0 aromatic carbocycles. The second-order valence-corrected chi connectivity index (χ2v) is 10.6. The van der Waals surface area contributed by atoms with Gasteiger partial charge in [0.1, 0.15) is 0 Å². The molecule has 0 amide bonds. The molecule has 0 N–H and O–H groups in total. The molecule has 0 radical (unpaired) electrons. The lowest BCUT2D eigenvalue weighted by Gasteiger charge is -2.59. The van der Waals surface area contributed by atoms with E-state index in [1.165, 1.54) is 32.1 Å². The van der Waals surface area contributed by atoms with E-state index in [0.29, 0.717) is 23.4 Å². The van der Waals surface area contributed by atoms with Crippen molar-refractivity contribution in [2.24, 2.45) is 34.5 Å². The molecule has 4 aliphatic carbocycles. The summed E-state index contributed by atoms with van der Waals surface area (Å²) in [5.74, 6) is 2.98. The molecule has 5 aliphatic rings. The Morgan fingerprint density at radius 1 is 1.04 bits per heavy atom. The van der Waals surface area contributed by atoms with Crippen LogP contribution in [0, 0.1) is 34.5 Å². The summed E-state index contributed by atoms with van der Waals surface area (Å²) in [7, 11) is 0. The molecule has 0 spiro atoms. The first-order valence-electron chi connectivity index (χ1n) is 11.5. The van der Waals surface area contributed by atoms with E-state index in [2.05, 4.69) is 19.9 Å². The van der Waals surface area contributed by atoms with Gasteiger partial charge in [0.2, 0.25) is 0 Å². The van der Waals surface area contributed by atoms with Crippen LogP contribution in [0.1, 0.15) is 71.6 Å². The van der Waals surface area contributed by atoms with Crippen LogP contribution in [-0.4, -0.2) is 31.2 Å². The van der Waals surface area contributed by atoms with Crippen molar-refractivity contribution < 1.29 is 14.3 Å². The smallest absolute Gasteiger partial charge is 0.159 e. The Morgan fingerprint density at radius 2 is 1.89 bits per heavy atom. The normalized spacial score (nSPS) is 52.1. The van der Waals surface area contributed by atoms with Gasteiger partial charge >= 0.3 is 0 Å². The molecule has 27 heavy (non-hydrogen) atoms. The lowest BCUT2D eigenvalue weighted by atomic mass is 9.46. The Morgan fingerprint density at radius 3 is 2.70 bits per heavy atom. The van der Waals surface area contributed by atoms with E-state index in [9.17, 15) is 4.79 Å². The van der Waals surface area contributed by atoms with Gasteiger partial charge in [0.25, 0.3) is 0 Å². The van der Waals surface area contributed by atoms with Gasteiger partial charge in [-0.2, -0.15) is 0 Å². The average Bonchev–Trinajstić information content (AvgIpc) is 2.99. The number of carbonyl (C=O) groups excluding carboxylic acids is 1. The number of hydrogen-bond acceptors (Lipinski definition) is 3. The van der Waals surface area contributed by atoms with Crippen LogP contribution in [0.2, 0.25) is 0 Å². The molecule has 1 heterocycles. The largest absolute Gasteiger partial charge is 0.379 e. The van der Waals surface area contributed by atoms with Crippen molar-refractivity contribution in [2.75, 3.05) is 13.2 Å². The van der Waals surface area contributed by atoms with Crippen LogP contribution in [-0.2, 0) is 14.3 Å². The number of hydrogen-bond donors (Lipinski definition) is 0. The molecule has 3 heteroatoms. The van der Waals surface area contributed by atoms with Crippen LogP contribution < -0.4 is 0 Å². The zero-order valence-electron chi connectivity index (χ0n) is 17.1. The Bertz CT molecular complexity index is 621. The van der Waals surface area contributed by atoms with Crippen molar-refractivity contribution in [2.45, 2.75) is 83.8 Å². The van der Waals surface area contributed by atoms with Crippen LogP contribution in [0.3, 0.4) is 0 Å². The van der Waals surface area contributed by atoms with Crippen molar-refractivity contribution >= 4 is 5.78 Å². The summed E-state index contributed by atoms with van der Waals surface area (Å²) in [6.07, 6.45) is 15.6. The third-order valence-corrected chi connectivity index (χ3v) is 9.44. The number of carbonyl (C=O) groups is 1. The first-order valence-corrected chi connectivity index (χ1v) is 11.5. The van der Waals surface area contributed by atoms with E-state index < -0.39 is 0 Å². The van der Waals surface area contributed by atoms with Gasteiger partial charge in [0.05, 0.1) is 18.8 Å². The first-order chi connectivity index (χ1) is 13.0. The number of fused-ring (bicyclic) bond motifs is 5. The molecular weight excluding hydrogens is 336 g/mol. The predicted molar refractivity (Wildman–Crippen MR) is 105 cm³/mol. The topological polar surface area (TPSA) is 35.5 Å². The van der Waals surface area contributed by atoms with Gasteiger partial charge in [0, 0.05) is 12.5 Å². The molecule has 4 fully saturated rings. The third-order valence-electron chi connectivity index (χ3n) is 9.44. The minimum absolute atomic E-state index is 0.201. The summed E-state index contributed by atoms with van der Waals surface area (Å²) >= 11 is 0. The Labute approximate surface area is 164 Å². The zero-order chi connectivity index (χ0) is 18.6. The lowest BCUT2D eigenvalue weighted by Crippen LogP contribution is -2.54. The van der Waals surface area contributed by atoms with Crippen molar-refractivity contribution in [1.29, 1.82) is 0 Å². The lowest BCUT2D eigenvalue weighted by molar-refractivity contribution is -0.156. The van der Waals surface area contributed by atoms with Gasteiger partial charge in [-0.3, -0.25) is 4.79 Å². The molecule has 5 rings (SSSR count). The van der Waals surface area contributed by atoms with Gasteiger partial charge in [-0.25, -0.2) is 0 Å². The van der Waals surface area contributed by atoms with Crippen LogP contribution >= 0.6 is 0 Å². The molecule has 0 aromatic heterocycles. The zero-order valence-corrected chi connectivity index (χ0v) is 17.1. The Hall–Kier alpha value is -0.670. The fraction of sp³-hybridized carbons (Fsp3) is 0.875. The van der Waals surface area contributed by atoms with E-state index in [1.807, 2.05) is 6.08 Å². The molecule has 3 unspecified atom stereocenters. The van der Waals surface area contributed by atoms with Gasteiger partial charge in [-0.05, 0) is 92.4 Å². The monoisotopic (exact) mass is 372 g/mol. The van der Waals surface area contributed by atoms with Gasteiger partial charge in [-0.1, -0.05) is 19.9 Å². The maximum absolute atomic E-state index is 12.6. The molecule has 8 atom stereocenters. The van der Waals surface area contributed by atoms with Crippen LogP contribution in [0.5, 0.6) is 0 Å². The van der Waals surface area contributed by atoms with Crippen LogP contribution in [0.4, 0.5) is 0 Å². The third kappa shape index (κ3) is 2.79. The van der Waals surface area contributed by atoms with E-state index in [-0.39, 0.29) is 11.3 Å². The number of allylic oxidation sites excluding steroid dienone is 2. The van der Waals surface area contributed by atoms with Crippen LogP contribution in [0.15, 0.2) is 12.2 Å². The highest BCUT2D eigenvalue weighted by atomic mass is 16.5. The fourth-order valence-corrected chi connectivity index (χ4v) is 7.99. The Kier molecular flexibility index (Phi) is 4.55. The maximum atomic E-state index is 12.6. The second-order valence-electron chi connectivity index (χ2n) is 10.6. The maximum Gasteiger partial charge on any atom is 0.159 e. The average molecular weight is 373 g/mol. The standard InChI is InChI=1S/C24H36O3/c1-23-12-3-6-21(25)20(23)8-7-17-18-9-10-22(24(18,2)13-11-19(17)23)27-16-5-4-14-26-15-16/h3,6,16-20,22H,4-5,7-15H2,1-2H3/t16?,17-,18-,19-,20?,22?,23+,24-/m0/s1. The highest BCUT2D eigenvalue weighted by Crippen LogP contribution is 2.65. The highest BCUT2D eigenvalue weighted by Gasteiger charge is 2.61. The van der Waals surface area contributed by atoms with Crippen molar-refractivity contribution in [3.8, 4) is 0 Å². The van der Waals surface area contributed by atoms with Crippen molar-refractivity contribution in [3.05, 3.63) is 12.2 Å². The highest BCUT2D eigenvalue weighted by molar-refractivity contribution is 5.93. The summed E-state index contributed by atoms with van der Waals surface area (Å²) in [6.45, 7) is 6.65. The Balaban J connectivity index is 1.35. The first kappa shape index (κ1) is 18.4. The van der Waals surface area contributed by atoms with Gasteiger partial charge < -0.3 is 9.47 Å². The summed E-state index contributed by atoms with van der Waals surface area (Å²) in [4.78, 5) is 12.6. The molecule has 1 aliphatic heterocycles. The number of ketones is 1. The van der Waals surface area contributed by atoms with E-state index in [0.717, 1.165) is 56.7 Å². The minimum Gasteiger partial charge on any atom is -0.379 e. The van der Waals surface area contributed by atoms with E-state index >= 15 is 0 Å². The van der Waals surface area contributed by atoms with E-state index in [1.54, 1.807) is 0 Å². The molecule has 150 valence electrons. The number of ether oxygens (including phenoxy) is 2. The quantitative estimate of drug-likeness (QED) is 0.689. The molecular formula is C24H36O3. The summed E-state index contributed by atoms with van der Waals surface area (Å²) in [6, 6.07) is 0. The summed E-state index contributed by atoms with van der Waals surface area (Å²) in [5, 5.41) is 0. The predicted octanol–water partition coefficient (Wildman–Crippen LogP) is 4.94. The SMILES string of the molecule is C[C@]12CC=CC(=O)C1CC[C@@H]1[C@@H]2CC[C@]2(C)C(OC3CCCOC3)CC[C@@H]12. The van der Waals surface area contributed by atoms with Crippen molar-refractivity contribution in [1.82, 2.24) is 0 Å². The van der Waals surface area contributed by atoms with Gasteiger partial charge in [0.15, 0.2) is 5.78 Å². The fourth-order valence-electron chi connectivity index (χ4n) is 7.99. The van der Waals surface area contributed by atoms with Gasteiger partial charge in [-0.15, -0.1) is 0 Å². The van der Waals surface area contributed by atoms with Crippen LogP contribution in [0.25, 0.3) is 0 Å². The van der Waals surface area contributed by atoms with Crippen molar-refractivity contribution in [3.63, 3.8) is 0 Å². The van der Waals surface area contributed by atoms with E-state index in [4.69, 9.17) is 9.47 Å². The molecule has 0 bridgehead atoms. The second kappa shape index (κ2) is 6.69. The molecule has 0 aromatic rings. The molecule has 3 saturated carbocycles. The minimum atomic E-state index is 0.201. The summed E-state index contributed by atoms with van der Waals surface area (Å²) in [5.41, 5.74) is 0.530. The molecule has 3 nitrogen and oxygen atoms in total.